The number of hydrogen-bond acceptors (Lipinski definition) is 4. The molecule has 3 heterocycles. The molecule has 1 aromatic rings. The fraction of sp³-hybridized carbons (Fsp3) is 0.750. The molecule has 5 heteroatoms. The van der Waals surface area contributed by atoms with Crippen molar-refractivity contribution in [2.45, 2.75) is 84.2 Å². The van der Waals surface area contributed by atoms with Gasteiger partial charge in [-0.15, -0.1) is 0 Å². The second-order valence-corrected chi connectivity index (χ2v) is 12.2. The van der Waals surface area contributed by atoms with E-state index in [1.54, 1.807) is 12.1 Å². The third kappa shape index (κ3) is 5.38. The summed E-state index contributed by atoms with van der Waals surface area (Å²) in [6.07, 6.45) is 5.59. The Labute approximate surface area is 200 Å². The summed E-state index contributed by atoms with van der Waals surface area (Å²) in [5.41, 5.74) is 2.40. The predicted octanol–water partition coefficient (Wildman–Crippen LogP) is 5.64. The lowest BCUT2D eigenvalue weighted by Crippen LogP contribution is -2.45. The molecule has 0 saturated carbocycles. The van der Waals surface area contributed by atoms with Gasteiger partial charge in [0.2, 0.25) is 0 Å². The lowest BCUT2D eigenvalue weighted by atomic mass is 9.74. The van der Waals surface area contributed by atoms with Crippen molar-refractivity contribution in [3.63, 3.8) is 0 Å². The molecule has 4 nitrogen and oxygen atoms in total. The van der Waals surface area contributed by atoms with E-state index in [9.17, 15) is 9.65 Å². The van der Waals surface area contributed by atoms with Crippen molar-refractivity contribution in [3.8, 4) is 6.07 Å². The molecule has 4 rings (SSSR count). The van der Waals surface area contributed by atoms with E-state index in [0.29, 0.717) is 17.9 Å². The number of piperidine rings is 2. The van der Waals surface area contributed by atoms with E-state index in [1.807, 2.05) is 6.07 Å². The summed E-state index contributed by atoms with van der Waals surface area (Å²) in [5, 5.41) is 9.51. The van der Waals surface area contributed by atoms with Crippen LogP contribution in [-0.4, -0.2) is 60.6 Å². The van der Waals surface area contributed by atoms with Crippen molar-refractivity contribution in [2.75, 3.05) is 44.2 Å². The van der Waals surface area contributed by atoms with E-state index in [0.717, 1.165) is 57.5 Å². The third-order valence-electron chi connectivity index (χ3n) is 8.73. The molecule has 0 aromatic heterocycles. The number of halogens is 1. The number of anilines is 1. The average Bonchev–Trinajstić information content (AvgIpc) is 3.30. The Bertz CT molecular complexity index is 852. The van der Waals surface area contributed by atoms with Gasteiger partial charge in [-0.3, -0.25) is 9.80 Å². The Kier molecular flexibility index (Phi) is 7.08. The van der Waals surface area contributed by atoms with Crippen LogP contribution in [0.1, 0.15) is 78.2 Å². The highest BCUT2D eigenvalue weighted by Crippen LogP contribution is 2.40. The zero-order chi connectivity index (χ0) is 23.8. The zero-order valence-corrected chi connectivity index (χ0v) is 21.4. The van der Waals surface area contributed by atoms with Gasteiger partial charge in [-0.2, -0.15) is 5.26 Å². The molecule has 0 bridgehead atoms. The quantitative estimate of drug-likeness (QED) is 0.589. The van der Waals surface area contributed by atoms with Crippen molar-refractivity contribution in [1.29, 1.82) is 5.26 Å². The number of nitriles is 1. The molecular weight excluding hydrogens is 411 g/mol. The molecular formula is C28H43FN4. The molecule has 1 aromatic carbocycles. The lowest BCUT2D eigenvalue weighted by Gasteiger charge is -2.41. The smallest absolute Gasteiger partial charge is 0.125 e. The number of likely N-dealkylation sites (tertiary alicyclic amines) is 2. The summed E-state index contributed by atoms with van der Waals surface area (Å²) < 4.78 is 14.3. The van der Waals surface area contributed by atoms with Crippen molar-refractivity contribution >= 4 is 5.69 Å². The second-order valence-electron chi connectivity index (χ2n) is 12.2. The number of benzene rings is 1. The molecule has 33 heavy (non-hydrogen) atoms. The second kappa shape index (κ2) is 9.55. The van der Waals surface area contributed by atoms with Crippen LogP contribution in [0.5, 0.6) is 0 Å². The van der Waals surface area contributed by atoms with Crippen LogP contribution in [0.15, 0.2) is 18.2 Å². The minimum atomic E-state index is -0.285. The standard InChI is InChI=1S/C28H43FN4/c1-27(2,3)33-17-12-24(19-33)31-13-8-21(9-14-31)25-7-6-23(29)18-26(25)32-15-10-22(11-16-32)28(4,5)20-30/h6-7,18,21-22,24H,8-17,19H2,1-5H3. The third-order valence-corrected chi connectivity index (χ3v) is 8.73. The van der Waals surface area contributed by atoms with Crippen LogP contribution in [0.4, 0.5) is 10.1 Å². The molecule has 1 atom stereocenters. The summed E-state index contributed by atoms with van der Waals surface area (Å²) in [4.78, 5) is 7.72. The maximum Gasteiger partial charge on any atom is 0.125 e. The first-order valence-electron chi connectivity index (χ1n) is 13.0. The minimum Gasteiger partial charge on any atom is -0.371 e. The van der Waals surface area contributed by atoms with Crippen LogP contribution < -0.4 is 4.90 Å². The van der Waals surface area contributed by atoms with E-state index < -0.39 is 0 Å². The van der Waals surface area contributed by atoms with E-state index in [-0.39, 0.29) is 16.8 Å². The van der Waals surface area contributed by atoms with Gasteiger partial charge < -0.3 is 4.90 Å². The van der Waals surface area contributed by atoms with Crippen LogP contribution in [0, 0.1) is 28.5 Å². The molecule has 0 spiro atoms. The van der Waals surface area contributed by atoms with Gasteiger partial charge in [0.15, 0.2) is 0 Å². The summed E-state index contributed by atoms with van der Waals surface area (Å²) in [5.74, 6) is 0.780. The highest BCUT2D eigenvalue weighted by Gasteiger charge is 2.36. The van der Waals surface area contributed by atoms with E-state index in [4.69, 9.17) is 0 Å². The molecule has 3 aliphatic rings. The molecule has 3 aliphatic heterocycles. The largest absolute Gasteiger partial charge is 0.371 e. The van der Waals surface area contributed by atoms with Gasteiger partial charge in [0, 0.05) is 43.4 Å². The first-order valence-corrected chi connectivity index (χ1v) is 13.0. The molecule has 182 valence electrons. The van der Waals surface area contributed by atoms with Gasteiger partial charge >= 0.3 is 0 Å². The van der Waals surface area contributed by atoms with Crippen LogP contribution in [0.3, 0.4) is 0 Å². The Morgan fingerprint density at radius 3 is 2.15 bits per heavy atom. The molecule has 0 amide bonds. The minimum absolute atomic E-state index is 0.140. The normalized spacial score (nSPS) is 24.9. The van der Waals surface area contributed by atoms with Crippen molar-refractivity contribution in [2.24, 2.45) is 11.3 Å². The molecule has 0 radical (unpaired) electrons. The summed E-state index contributed by atoms with van der Waals surface area (Å²) in [6, 6.07) is 8.63. The molecule has 0 aliphatic carbocycles. The van der Waals surface area contributed by atoms with E-state index in [1.165, 1.54) is 25.1 Å². The predicted molar refractivity (Wildman–Crippen MR) is 134 cm³/mol. The van der Waals surface area contributed by atoms with E-state index >= 15 is 0 Å². The SMILES string of the molecule is CC(C)(C#N)C1CCN(c2cc(F)ccc2C2CCN(C3CCN(C(C)(C)C)C3)CC2)CC1. The van der Waals surface area contributed by atoms with Crippen molar-refractivity contribution < 1.29 is 4.39 Å². The number of rotatable bonds is 4. The Morgan fingerprint density at radius 1 is 0.909 bits per heavy atom. The zero-order valence-electron chi connectivity index (χ0n) is 21.4. The van der Waals surface area contributed by atoms with Crippen LogP contribution in [0.2, 0.25) is 0 Å². The highest BCUT2D eigenvalue weighted by molar-refractivity contribution is 5.56. The Balaban J connectivity index is 1.40. The summed E-state index contributed by atoms with van der Waals surface area (Å²) in [6.45, 7) is 17.6. The first kappa shape index (κ1) is 24.5. The fourth-order valence-electron chi connectivity index (χ4n) is 6.29. The van der Waals surface area contributed by atoms with Crippen LogP contribution in [-0.2, 0) is 0 Å². The van der Waals surface area contributed by atoms with Gasteiger partial charge in [0.1, 0.15) is 5.82 Å². The average molecular weight is 455 g/mol. The monoisotopic (exact) mass is 454 g/mol. The van der Waals surface area contributed by atoms with Gasteiger partial charge in [-0.25, -0.2) is 4.39 Å². The lowest BCUT2D eigenvalue weighted by molar-refractivity contribution is 0.125. The molecule has 0 N–H and O–H groups in total. The van der Waals surface area contributed by atoms with Crippen LogP contribution >= 0.6 is 0 Å². The highest BCUT2D eigenvalue weighted by atomic mass is 19.1. The molecule has 3 fully saturated rings. The van der Waals surface area contributed by atoms with Crippen LogP contribution in [0.25, 0.3) is 0 Å². The van der Waals surface area contributed by atoms with Crippen molar-refractivity contribution in [3.05, 3.63) is 29.6 Å². The molecule has 3 saturated heterocycles. The van der Waals surface area contributed by atoms with Gasteiger partial charge in [-0.1, -0.05) is 6.07 Å². The maximum atomic E-state index is 14.3. The number of hydrogen-bond donors (Lipinski definition) is 0. The van der Waals surface area contributed by atoms with Gasteiger partial charge in [-0.05, 0) is 109 Å². The van der Waals surface area contributed by atoms with Crippen molar-refractivity contribution in [1.82, 2.24) is 9.80 Å². The topological polar surface area (TPSA) is 33.5 Å². The summed E-state index contributed by atoms with van der Waals surface area (Å²) in [7, 11) is 0. The molecule has 1 unspecified atom stereocenters. The Morgan fingerprint density at radius 2 is 1.58 bits per heavy atom. The number of nitrogens with zero attached hydrogens (tertiary/aromatic N) is 4. The van der Waals surface area contributed by atoms with E-state index in [2.05, 4.69) is 55.4 Å². The van der Waals surface area contributed by atoms with Gasteiger partial charge in [0.05, 0.1) is 11.5 Å². The maximum absolute atomic E-state index is 14.3. The summed E-state index contributed by atoms with van der Waals surface area (Å²) >= 11 is 0. The fourth-order valence-corrected chi connectivity index (χ4v) is 6.29. The van der Waals surface area contributed by atoms with Gasteiger partial charge in [0.25, 0.3) is 0 Å². The first-order chi connectivity index (χ1) is 15.6. The Hall–Kier alpha value is -1.64.